The van der Waals surface area contributed by atoms with E-state index in [1.165, 1.54) is 18.4 Å². The molecular weight excluding hydrogens is 298 g/mol. The number of amides is 1. The molecule has 1 amide bonds. The largest absolute Gasteiger partial charge is 0.481 e. The third-order valence-corrected chi connectivity index (χ3v) is 5.40. The van der Waals surface area contributed by atoms with Crippen molar-refractivity contribution >= 4 is 5.91 Å². The standard InChI is InChI=1S/C21H23NO2/c1-16(24-19-10-6-3-7-11-19)20(23)22-14-21(15-22)12-18(13-21)17-8-4-2-5-9-17/h2-11,16,18H,12-15H2,1H3. The number of benzene rings is 2. The van der Waals surface area contributed by atoms with Crippen LogP contribution in [-0.2, 0) is 4.79 Å². The van der Waals surface area contributed by atoms with Gasteiger partial charge in [-0.2, -0.15) is 0 Å². The Kier molecular flexibility index (Phi) is 3.79. The van der Waals surface area contributed by atoms with Crippen molar-refractivity contribution in [2.24, 2.45) is 5.41 Å². The average Bonchev–Trinajstić information content (AvgIpc) is 2.54. The molecule has 1 aliphatic carbocycles. The molecule has 1 atom stereocenters. The number of rotatable bonds is 4. The second-order valence-corrected chi connectivity index (χ2v) is 7.28. The van der Waals surface area contributed by atoms with Crippen LogP contribution >= 0.6 is 0 Å². The highest BCUT2D eigenvalue weighted by Gasteiger charge is 2.54. The van der Waals surface area contributed by atoms with Gasteiger partial charge in [-0.3, -0.25) is 4.79 Å². The van der Waals surface area contributed by atoms with Gasteiger partial charge in [0.05, 0.1) is 0 Å². The van der Waals surface area contributed by atoms with Crippen molar-refractivity contribution in [2.45, 2.75) is 31.8 Å². The highest BCUT2D eigenvalue weighted by atomic mass is 16.5. The molecule has 3 heteroatoms. The van der Waals surface area contributed by atoms with Crippen molar-refractivity contribution in [3.05, 3.63) is 66.2 Å². The van der Waals surface area contributed by atoms with Gasteiger partial charge in [-0.25, -0.2) is 0 Å². The first kappa shape index (κ1) is 15.3. The van der Waals surface area contributed by atoms with Crippen molar-refractivity contribution in [2.75, 3.05) is 13.1 Å². The van der Waals surface area contributed by atoms with Crippen LogP contribution in [0.5, 0.6) is 5.75 Å². The molecule has 1 saturated heterocycles. The fourth-order valence-corrected chi connectivity index (χ4v) is 4.13. The van der Waals surface area contributed by atoms with Gasteiger partial charge in [0.15, 0.2) is 6.10 Å². The lowest BCUT2D eigenvalue weighted by Crippen LogP contribution is -2.64. The molecule has 0 N–H and O–H groups in total. The predicted octanol–water partition coefficient (Wildman–Crippen LogP) is 3.86. The molecule has 1 spiro atoms. The van der Waals surface area contributed by atoms with E-state index in [1.807, 2.05) is 42.2 Å². The van der Waals surface area contributed by atoms with Gasteiger partial charge in [-0.05, 0) is 43.4 Å². The Bertz CT molecular complexity index is 699. The van der Waals surface area contributed by atoms with Gasteiger partial charge in [-0.15, -0.1) is 0 Å². The van der Waals surface area contributed by atoms with Gasteiger partial charge < -0.3 is 9.64 Å². The van der Waals surface area contributed by atoms with Crippen molar-refractivity contribution < 1.29 is 9.53 Å². The molecular formula is C21H23NO2. The number of nitrogens with zero attached hydrogens (tertiary/aromatic N) is 1. The first-order chi connectivity index (χ1) is 11.7. The van der Waals surface area contributed by atoms with Crippen LogP contribution in [0.25, 0.3) is 0 Å². The molecule has 3 nitrogen and oxygen atoms in total. The lowest BCUT2D eigenvalue weighted by atomic mass is 9.56. The molecule has 124 valence electrons. The van der Waals surface area contributed by atoms with E-state index < -0.39 is 6.10 Å². The number of para-hydroxylation sites is 1. The first-order valence-corrected chi connectivity index (χ1v) is 8.71. The molecule has 2 aromatic carbocycles. The van der Waals surface area contributed by atoms with Crippen molar-refractivity contribution in [1.82, 2.24) is 4.90 Å². The minimum Gasteiger partial charge on any atom is -0.481 e. The monoisotopic (exact) mass is 321 g/mol. The van der Waals surface area contributed by atoms with Crippen LogP contribution in [0.1, 0.15) is 31.2 Å². The van der Waals surface area contributed by atoms with Gasteiger partial charge >= 0.3 is 0 Å². The number of ether oxygens (including phenoxy) is 1. The zero-order valence-corrected chi connectivity index (χ0v) is 14.0. The molecule has 1 heterocycles. The van der Waals surface area contributed by atoms with Crippen molar-refractivity contribution in [3.63, 3.8) is 0 Å². The fraction of sp³-hybridized carbons (Fsp3) is 0.381. The summed E-state index contributed by atoms with van der Waals surface area (Å²) >= 11 is 0. The summed E-state index contributed by atoms with van der Waals surface area (Å²) in [6.45, 7) is 3.61. The van der Waals surface area contributed by atoms with Crippen LogP contribution in [0.15, 0.2) is 60.7 Å². The van der Waals surface area contributed by atoms with Crippen LogP contribution in [0.3, 0.4) is 0 Å². The molecule has 0 aromatic heterocycles. The Balaban J connectivity index is 1.28. The number of hydrogen-bond donors (Lipinski definition) is 0. The lowest BCUT2D eigenvalue weighted by molar-refractivity contribution is -0.158. The molecule has 0 radical (unpaired) electrons. The second-order valence-electron chi connectivity index (χ2n) is 7.28. The molecule has 24 heavy (non-hydrogen) atoms. The summed E-state index contributed by atoms with van der Waals surface area (Å²) in [5, 5.41) is 0. The molecule has 4 rings (SSSR count). The highest BCUT2D eigenvalue weighted by Crippen LogP contribution is 2.56. The quantitative estimate of drug-likeness (QED) is 0.856. The zero-order chi connectivity index (χ0) is 16.6. The minimum atomic E-state index is -0.422. The molecule has 1 aliphatic heterocycles. The van der Waals surface area contributed by atoms with E-state index in [9.17, 15) is 4.79 Å². The van der Waals surface area contributed by atoms with E-state index >= 15 is 0 Å². The summed E-state index contributed by atoms with van der Waals surface area (Å²) in [5.41, 5.74) is 1.80. The minimum absolute atomic E-state index is 0.104. The van der Waals surface area contributed by atoms with E-state index in [-0.39, 0.29) is 5.91 Å². The maximum atomic E-state index is 12.5. The van der Waals surface area contributed by atoms with Gasteiger partial charge in [0.1, 0.15) is 5.75 Å². The summed E-state index contributed by atoms with van der Waals surface area (Å²) < 4.78 is 5.75. The van der Waals surface area contributed by atoms with Crippen molar-refractivity contribution in [3.8, 4) is 5.75 Å². The van der Waals surface area contributed by atoms with Gasteiger partial charge in [0.25, 0.3) is 5.91 Å². The summed E-state index contributed by atoms with van der Waals surface area (Å²) in [6, 6.07) is 20.3. The van der Waals surface area contributed by atoms with Crippen LogP contribution < -0.4 is 4.74 Å². The maximum Gasteiger partial charge on any atom is 0.263 e. The third kappa shape index (κ3) is 2.79. The topological polar surface area (TPSA) is 29.5 Å². The zero-order valence-electron chi connectivity index (χ0n) is 14.0. The maximum absolute atomic E-state index is 12.5. The Morgan fingerprint density at radius 3 is 2.25 bits per heavy atom. The first-order valence-electron chi connectivity index (χ1n) is 8.71. The van der Waals surface area contributed by atoms with Crippen LogP contribution in [0, 0.1) is 5.41 Å². The van der Waals surface area contributed by atoms with Crippen molar-refractivity contribution in [1.29, 1.82) is 0 Å². The van der Waals surface area contributed by atoms with Crippen LogP contribution in [-0.4, -0.2) is 30.0 Å². The number of carbonyl (C=O) groups is 1. The normalized spacial score (nSPS) is 20.1. The molecule has 2 aliphatic rings. The Labute approximate surface area is 143 Å². The summed E-state index contributed by atoms with van der Waals surface area (Å²) in [6.07, 6.45) is 1.98. The van der Waals surface area contributed by atoms with Crippen LogP contribution in [0.2, 0.25) is 0 Å². The van der Waals surface area contributed by atoms with Gasteiger partial charge in [0, 0.05) is 18.5 Å². The molecule has 2 aromatic rings. The number of hydrogen-bond acceptors (Lipinski definition) is 2. The van der Waals surface area contributed by atoms with Gasteiger partial charge in [0.2, 0.25) is 0 Å². The number of carbonyl (C=O) groups excluding carboxylic acids is 1. The Morgan fingerprint density at radius 1 is 1.04 bits per heavy atom. The lowest BCUT2D eigenvalue weighted by Gasteiger charge is -2.59. The molecule has 2 fully saturated rings. The second kappa shape index (κ2) is 5.97. The molecule has 0 bridgehead atoms. The third-order valence-electron chi connectivity index (χ3n) is 5.40. The smallest absolute Gasteiger partial charge is 0.263 e. The van der Waals surface area contributed by atoms with Crippen LogP contribution in [0.4, 0.5) is 0 Å². The van der Waals surface area contributed by atoms with E-state index in [0.29, 0.717) is 11.3 Å². The molecule has 1 saturated carbocycles. The summed E-state index contributed by atoms with van der Waals surface area (Å²) in [4.78, 5) is 14.5. The Hall–Kier alpha value is -2.29. The highest BCUT2D eigenvalue weighted by molar-refractivity contribution is 5.82. The predicted molar refractivity (Wildman–Crippen MR) is 94.0 cm³/mol. The van der Waals surface area contributed by atoms with E-state index in [0.717, 1.165) is 18.8 Å². The SMILES string of the molecule is CC(Oc1ccccc1)C(=O)N1CC2(CC(c3ccccc3)C2)C1. The molecule has 1 unspecified atom stereocenters. The number of likely N-dealkylation sites (tertiary alicyclic amines) is 1. The van der Waals surface area contributed by atoms with E-state index in [2.05, 4.69) is 30.3 Å². The summed E-state index contributed by atoms with van der Waals surface area (Å²) in [5.74, 6) is 1.52. The van der Waals surface area contributed by atoms with E-state index in [4.69, 9.17) is 4.74 Å². The Morgan fingerprint density at radius 2 is 1.62 bits per heavy atom. The fourth-order valence-electron chi connectivity index (χ4n) is 4.13. The van der Waals surface area contributed by atoms with Gasteiger partial charge in [-0.1, -0.05) is 48.5 Å². The average molecular weight is 321 g/mol. The van der Waals surface area contributed by atoms with E-state index in [1.54, 1.807) is 0 Å². The summed E-state index contributed by atoms with van der Waals surface area (Å²) in [7, 11) is 0.